The molecule has 0 radical (unpaired) electrons. The number of carbonyl (C=O) groups is 1. The fourth-order valence-corrected chi connectivity index (χ4v) is 2.42. The smallest absolute Gasteiger partial charge is 0.410 e. The molecule has 1 fully saturated rings. The number of methoxy groups -OCH3 is 1. The number of piperidine rings is 1. The first-order chi connectivity index (χ1) is 9.33. The maximum Gasteiger partial charge on any atom is 0.410 e. The quantitative estimate of drug-likeness (QED) is 0.843. The normalized spacial score (nSPS) is 21.6. The van der Waals surface area contributed by atoms with E-state index in [2.05, 4.69) is 12.2 Å². The zero-order chi connectivity index (χ0) is 15.2. The number of likely N-dealkylation sites (tertiary alicyclic amines) is 1. The number of carbonyl (C=O) groups excluding carboxylic acids is 1. The average Bonchev–Trinajstić information content (AvgIpc) is 2.35. The molecule has 118 valence electrons. The van der Waals surface area contributed by atoms with Crippen molar-refractivity contribution < 1.29 is 14.3 Å². The average molecular weight is 286 g/mol. The van der Waals surface area contributed by atoms with Gasteiger partial charge in [0.15, 0.2) is 0 Å². The molecule has 1 saturated heterocycles. The summed E-state index contributed by atoms with van der Waals surface area (Å²) >= 11 is 0. The van der Waals surface area contributed by atoms with E-state index in [-0.39, 0.29) is 12.1 Å². The highest BCUT2D eigenvalue weighted by molar-refractivity contribution is 5.68. The summed E-state index contributed by atoms with van der Waals surface area (Å²) in [4.78, 5) is 14.1. The van der Waals surface area contributed by atoms with E-state index in [4.69, 9.17) is 9.47 Å². The van der Waals surface area contributed by atoms with Gasteiger partial charge in [-0.3, -0.25) is 0 Å². The zero-order valence-electron chi connectivity index (χ0n) is 13.6. The van der Waals surface area contributed by atoms with Gasteiger partial charge in [-0.25, -0.2) is 4.79 Å². The molecule has 5 heteroatoms. The van der Waals surface area contributed by atoms with E-state index >= 15 is 0 Å². The molecule has 0 saturated carbocycles. The van der Waals surface area contributed by atoms with Crippen LogP contribution in [-0.2, 0) is 9.47 Å². The predicted octanol–water partition coefficient (Wildman–Crippen LogP) is 2.40. The van der Waals surface area contributed by atoms with E-state index in [1.54, 1.807) is 7.11 Å². The lowest BCUT2D eigenvalue weighted by atomic mass is 10.0. The Balaban J connectivity index is 2.51. The van der Waals surface area contributed by atoms with Crippen LogP contribution in [0.5, 0.6) is 0 Å². The largest absolute Gasteiger partial charge is 0.444 e. The first-order valence-electron chi connectivity index (χ1n) is 7.55. The van der Waals surface area contributed by atoms with Crippen LogP contribution in [0.15, 0.2) is 0 Å². The molecule has 20 heavy (non-hydrogen) atoms. The lowest BCUT2D eigenvalue weighted by Crippen LogP contribution is -2.51. The van der Waals surface area contributed by atoms with E-state index in [1.165, 1.54) is 6.42 Å². The summed E-state index contributed by atoms with van der Waals surface area (Å²) in [6.45, 7) is 10.1. The predicted molar refractivity (Wildman–Crippen MR) is 79.9 cm³/mol. The van der Waals surface area contributed by atoms with Crippen molar-refractivity contribution in [1.29, 1.82) is 0 Å². The minimum Gasteiger partial charge on any atom is -0.444 e. The Kier molecular flexibility index (Phi) is 6.76. The number of ether oxygens (including phenoxy) is 2. The third kappa shape index (κ3) is 6.09. The van der Waals surface area contributed by atoms with Gasteiger partial charge in [0.2, 0.25) is 0 Å². The van der Waals surface area contributed by atoms with Crippen LogP contribution >= 0.6 is 0 Å². The van der Waals surface area contributed by atoms with E-state index in [9.17, 15) is 4.79 Å². The van der Waals surface area contributed by atoms with Crippen molar-refractivity contribution >= 4 is 6.09 Å². The fraction of sp³-hybridized carbons (Fsp3) is 0.933. The Morgan fingerprint density at radius 2 is 2.10 bits per heavy atom. The van der Waals surface area contributed by atoms with Crippen LogP contribution in [0.1, 0.15) is 47.0 Å². The molecule has 0 aromatic carbocycles. The summed E-state index contributed by atoms with van der Waals surface area (Å²) in [5.41, 5.74) is -0.435. The van der Waals surface area contributed by atoms with Gasteiger partial charge in [-0.05, 0) is 47.0 Å². The van der Waals surface area contributed by atoms with Gasteiger partial charge in [0.25, 0.3) is 0 Å². The highest BCUT2D eigenvalue weighted by atomic mass is 16.6. The van der Waals surface area contributed by atoms with Gasteiger partial charge >= 0.3 is 6.09 Å². The highest BCUT2D eigenvalue weighted by Gasteiger charge is 2.30. The summed E-state index contributed by atoms with van der Waals surface area (Å²) in [6.07, 6.45) is 3.07. The molecule has 1 rings (SSSR count). The molecule has 1 aliphatic rings. The van der Waals surface area contributed by atoms with E-state index in [0.29, 0.717) is 12.6 Å². The third-order valence-electron chi connectivity index (χ3n) is 3.37. The van der Waals surface area contributed by atoms with Crippen LogP contribution in [0, 0.1) is 0 Å². The number of nitrogens with zero attached hydrogens (tertiary/aromatic N) is 1. The van der Waals surface area contributed by atoms with Crippen molar-refractivity contribution in [2.75, 3.05) is 26.8 Å². The van der Waals surface area contributed by atoms with Crippen molar-refractivity contribution in [2.24, 2.45) is 0 Å². The van der Waals surface area contributed by atoms with Crippen LogP contribution in [-0.4, -0.2) is 55.5 Å². The molecular formula is C15H30N2O3. The molecule has 1 heterocycles. The molecule has 2 unspecified atom stereocenters. The number of hydrogen-bond acceptors (Lipinski definition) is 4. The van der Waals surface area contributed by atoms with Gasteiger partial charge in [-0.1, -0.05) is 0 Å². The highest BCUT2D eigenvalue weighted by Crippen LogP contribution is 2.20. The summed E-state index contributed by atoms with van der Waals surface area (Å²) in [7, 11) is 1.70. The third-order valence-corrected chi connectivity index (χ3v) is 3.37. The second-order valence-electron chi connectivity index (χ2n) is 6.59. The Morgan fingerprint density at radius 3 is 2.70 bits per heavy atom. The molecule has 0 aromatic heterocycles. The first kappa shape index (κ1) is 17.2. The van der Waals surface area contributed by atoms with Crippen LogP contribution in [0.4, 0.5) is 4.79 Å². The summed E-state index contributed by atoms with van der Waals surface area (Å²) in [6, 6.07) is 0.514. The van der Waals surface area contributed by atoms with Gasteiger partial charge in [-0.2, -0.15) is 0 Å². The van der Waals surface area contributed by atoms with Crippen LogP contribution in [0.2, 0.25) is 0 Å². The van der Waals surface area contributed by atoms with Gasteiger partial charge in [0.05, 0.1) is 6.61 Å². The van der Waals surface area contributed by atoms with Gasteiger partial charge < -0.3 is 19.7 Å². The minimum atomic E-state index is -0.435. The van der Waals surface area contributed by atoms with E-state index < -0.39 is 5.60 Å². The van der Waals surface area contributed by atoms with Gasteiger partial charge in [0.1, 0.15) is 5.60 Å². The zero-order valence-corrected chi connectivity index (χ0v) is 13.6. The number of hydrogen-bond donors (Lipinski definition) is 1. The van der Waals surface area contributed by atoms with E-state index in [1.807, 2.05) is 25.7 Å². The standard InChI is InChI=1S/C15H30N2O3/c1-12(11-19-5)16-10-13-8-6-7-9-17(13)14(18)20-15(2,3)4/h12-13,16H,6-11H2,1-5H3. The maximum atomic E-state index is 12.2. The van der Waals surface area contributed by atoms with Gasteiger partial charge in [0, 0.05) is 32.3 Å². The topological polar surface area (TPSA) is 50.8 Å². The van der Waals surface area contributed by atoms with Gasteiger partial charge in [-0.15, -0.1) is 0 Å². The van der Waals surface area contributed by atoms with Crippen molar-refractivity contribution in [1.82, 2.24) is 10.2 Å². The van der Waals surface area contributed by atoms with Crippen molar-refractivity contribution in [3.8, 4) is 0 Å². The molecule has 1 amide bonds. The van der Waals surface area contributed by atoms with E-state index in [0.717, 1.165) is 25.9 Å². The van der Waals surface area contributed by atoms with Crippen LogP contribution in [0.3, 0.4) is 0 Å². The summed E-state index contributed by atoms with van der Waals surface area (Å²) < 4.78 is 10.6. The molecule has 0 spiro atoms. The monoisotopic (exact) mass is 286 g/mol. The number of nitrogens with one attached hydrogen (secondary N) is 1. The number of rotatable bonds is 5. The Labute approximate surface area is 123 Å². The maximum absolute atomic E-state index is 12.2. The lowest BCUT2D eigenvalue weighted by Gasteiger charge is -2.37. The molecule has 2 atom stereocenters. The molecule has 1 aliphatic heterocycles. The Bertz CT molecular complexity index is 302. The SMILES string of the molecule is COCC(C)NCC1CCCCN1C(=O)OC(C)(C)C. The molecule has 0 aliphatic carbocycles. The second kappa shape index (κ2) is 7.84. The molecule has 5 nitrogen and oxygen atoms in total. The van der Waals surface area contributed by atoms with Crippen molar-refractivity contribution in [2.45, 2.75) is 64.6 Å². The Morgan fingerprint density at radius 1 is 1.40 bits per heavy atom. The van der Waals surface area contributed by atoms with Crippen LogP contribution < -0.4 is 5.32 Å². The second-order valence-corrected chi connectivity index (χ2v) is 6.59. The molecular weight excluding hydrogens is 256 g/mol. The fourth-order valence-electron chi connectivity index (χ4n) is 2.42. The van der Waals surface area contributed by atoms with Crippen molar-refractivity contribution in [3.63, 3.8) is 0 Å². The first-order valence-corrected chi connectivity index (χ1v) is 7.55. The van der Waals surface area contributed by atoms with Crippen LogP contribution in [0.25, 0.3) is 0 Å². The molecule has 0 bridgehead atoms. The number of amides is 1. The summed E-state index contributed by atoms with van der Waals surface area (Å²) in [5, 5.41) is 3.43. The molecule has 1 N–H and O–H groups in total. The molecule has 0 aromatic rings. The van der Waals surface area contributed by atoms with Crippen molar-refractivity contribution in [3.05, 3.63) is 0 Å². The minimum absolute atomic E-state index is 0.191. The Hall–Kier alpha value is -0.810. The lowest BCUT2D eigenvalue weighted by molar-refractivity contribution is 0.00941. The summed E-state index contributed by atoms with van der Waals surface area (Å²) in [5.74, 6) is 0.